The number of carbonyl (C=O) groups is 3. The van der Waals surface area contributed by atoms with Gasteiger partial charge in [0, 0.05) is 11.7 Å². The molecule has 1 saturated heterocycles. The van der Waals surface area contributed by atoms with Gasteiger partial charge in [0.1, 0.15) is 5.41 Å². The SMILES string of the molecule is COC(=O)c1ccc(NC(=O)C2(C(=O)NC3CCS(=O)(=O)C3)CC2)cc1. The minimum atomic E-state index is -3.10. The number of hydrogen-bond donors (Lipinski definition) is 2. The van der Waals surface area contributed by atoms with E-state index in [1.54, 1.807) is 12.1 Å². The summed E-state index contributed by atoms with van der Waals surface area (Å²) in [5.41, 5.74) is -0.329. The van der Waals surface area contributed by atoms with Gasteiger partial charge in [0.2, 0.25) is 11.8 Å². The Morgan fingerprint density at radius 1 is 1.12 bits per heavy atom. The van der Waals surface area contributed by atoms with E-state index in [0.29, 0.717) is 30.5 Å². The van der Waals surface area contributed by atoms with Crippen LogP contribution in [-0.4, -0.2) is 50.9 Å². The molecule has 2 amide bonds. The van der Waals surface area contributed by atoms with Gasteiger partial charge in [0.05, 0.1) is 24.2 Å². The molecule has 1 aromatic carbocycles. The lowest BCUT2D eigenvalue weighted by Crippen LogP contribution is -2.45. The Morgan fingerprint density at radius 3 is 2.27 bits per heavy atom. The maximum atomic E-state index is 12.5. The molecule has 1 heterocycles. The zero-order valence-corrected chi connectivity index (χ0v) is 15.1. The van der Waals surface area contributed by atoms with Crippen molar-refractivity contribution in [1.29, 1.82) is 0 Å². The van der Waals surface area contributed by atoms with E-state index < -0.39 is 39.1 Å². The maximum Gasteiger partial charge on any atom is 0.337 e. The van der Waals surface area contributed by atoms with Gasteiger partial charge >= 0.3 is 5.97 Å². The van der Waals surface area contributed by atoms with Crippen molar-refractivity contribution in [3.63, 3.8) is 0 Å². The number of rotatable bonds is 5. The molecule has 1 unspecified atom stereocenters. The van der Waals surface area contributed by atoms with E-state index in [4.69, 9.17) is 0 Å². The van der Waals surface area contributed by atoms with Crippen molar-refractivity contribution in [1.82, 2.24) is 5.32 Å². The second kappa shape index (κ2) is 6.71. The van der Waals surface area contributed by atoms with Gasteiger partial charge in [0.25, 0.3) is 0 Å². The first-order chi connectivity index (χ1) is 12.3. The summed E-state index contributed by atoms with van der Waals surface area (Å²) < 4.78 is 27.6. The zero-order chi connectivity index (χ0) is 18.9. The van der Waals surface area contributed by atoms with Crippen LogP contribution in [0.25, 0.3) is 0 Å². The van der Waals surface area contributed by atoms with Crippen molar-refractivity contribution < 1.29 is 27.5 Å². The highest BCUT2D eigenvalue weighted by molar-refractivity contribution is 7.91. The first-order valence-corrected chi connectivity index (χ1v) is 10.1. The van der Waals surface area contributed by atoms with E-state index in [1.807, 2.05) is 0 Å². The van der Waals surface area contributed by atoms with Crippen molar-refractivity contribution in [2.24, 2.45) is 5.41 Å². The average Bonchev–Trinajstić information content (AvgIpc) is 3.35. The van der Waals surface area contributed by atoms with Crippen molar-refractivity contribution in [2.75, 3.05) is 23.9 Å². The predicted molar refractivity (Wildman–Crippen MR) is 93.3 cm³/mol. The lowest BCUT2D eigenvalue weighted by Gasteiger charge is -2.18. The molecule has 1 aliphatic carbocycles. The molecule has 0 radical (unpaired) electrons. The number of ether oxygens (including phenoxy) is 1. The topological polar surface area (TPSA) is 119 Å². The summed E-state index contributed by atoms with van der Waals surface area (Å²) in [6.07, 6.45) is 1.22. The van der Waals surface area contributed by atoms with E-state index in [0.717, 1.165) is 0 Å². The molecule has 1 aromatic rings. The standard InChI is InChI=1S/C17H20N2O6S/c1-25-14(20)11-2-4-12(5-3-11)18-15(21)17(7-8-17)16(22)19-13-6-9-26(23,24)10-13/h2-5,13H,6-10H2,1H3,(H,18,21)(H,19,22). The van der Waals surface area contributed by atoms with Gasteiger partial charge in [0.15, 0.2) is 9.84 Å². The highest BCUT2D eigenvalue weighted by Crippen LogP contribution is 2.47. The fourth-order valence-corrected chi connectivity index (χ4v) is 4.65. The van der Waals surface area contributed by atoms with Crippen LogP contribution in [0.5, 0.6) is 0 Å². The summed E-state index contributed by atoms with van der Waals surface area (Å²) in [6.45, 7) is 0. The second-order valence-corrected chi connectivity index (χ2v) is 8.91. The van der Waals surface area contributed by atoms with Crippen LogP contribution in [-0.2, 0) is 24.2 Å². The Hall–Kier alpha value is -2.42. The Morgan fingerprint density at radius 2 is 1.77 bits per heavy atom. The van der Waals surface area contributed by atoms with Gasteiger partial charge in [-0.25, -0.2) is 13.2 Å². The van der Waals surface area contributed by atoms with E-state index in [-0.39, 0.29) is 11.5 Å². The minimum absolute atomic E-state index is 0.0592. The van der Waals surface area contributed by atoms with E-state index in [1.165, 1.54) is 19.2 Å². The highest BCUT2D eigenvalue weighted by atomic mass is 32.2. The molecule has 1 atom stereocenters. The Labute approximate surface area is 151 Å². The third-order valence-corrected chi connectivity index (χ3v) is 6.52. The van der Waals surface area contributed by atoms with Crippen molar-refractivity contribution in [2.45, 2.75) is 25.3 Å². The van der Waals surface area contributed by atoms with Gasteiger partial charge in [-0.05, 0) is 43.5 Å². The van der Waals surface area contributed by atoms with E-state index in [2.05, 4.69) is 15.4 Å². The van der Waals surface area contributed by atoms with Gasteiger partial charge < -0.3 is 15.4 Å². The number of hydrogen-bond acceptors (Lipinski definition) is 6. The molecule has 0 aromatic heterocycles. The van der Waals surface area contributed by atoms with Crippen LogP contribution >= 0.6 is 0 Å². The average molecular weight is 380 g/mol. The van der Waals surface area contributed by atoms with E-state index >= 15 is 0 Å². The van der Waals surface area contributed by atoms with Crippen LogP contribution in [0.15, 0.2) is 24.3 Å². The molecule has 8 nitrogen and oxygen atoms in total. The number of nitrogens with one attached hydrogen (secondary N) is 2. The second-order valence-electron chi connectivity index (χ2n) is 6.68. The summed E-state index contributed by atoms with van der Waals surface area (Å²) in [6, 6.07) is 5.72. The van der Waals surface area contributed by atoms with Crippen LogP contribution in [0.1, 0.15) is 29.6 Å². The summed E-state index contributed by atoms with van der Waals surface area (Å²) in [4.78, 5) is 36.4. The molecule has 0 bridgehead atoms. The lowest BCUT2D eigenvalue weighted by atomic mass is 10.0. The number of carbonyl (C=O) groups excluding carboxylic acids is 3. The summed E-state index contributed by atoms with van der Waals surface area (Å²) >= 11 is 0. The van der Waals surface area contributed by atoms with Crippen LogP contribution in [0.2, 0.25) is 0 Å². The maximum absolute atomic E-state index is 12.5. The van der Waals surface area contributed by atoms with Crippen LogP contribution in [0, 0.1) is 5.41 Å². The third-order valence-electron chi connectivity index (χ3n) is 4.75. The van der Waals surface area contributed by atoms with Gasteiger partial charge in [-0.2, -0.15) is 0 Å². The molecule has 2 fully saturated rings. The molecule has 2 aliphatic rings. The van der Waals surface area contributed by atoms with Crippen LogP contribution in [0.3, 0.4) is 0 Å². The third kappa shape index (κ3) is 3.72. The predicted octanol–water partition coefficient (Wildman–Crippen LogP) is 0.495. The molecular weight excluding hydrogens is 360 g/mol. The van der Waals surface area contributed by atoms with Crippen molar-refractivity contribution in [3.8, 4) is 0 Å². The van der Waals surface area contributed by atoms with Crippen LogP contribution < -0.4 is 10.6 Å². The highest BCUT2D eigenvalue weighted by Gasteiger charge is 2.57. The number of sulfone groups is 1. The van der Waals surface area contributed by atoms with Crippen molar-refractivity contribution >= 4 is 33.3 Å². The quantitative estimate of drug-likeness (QED) is 0.567. The van der Waals surface area contributed by atoms with Gasteiger partial charge in [-0.15, -0.1) is 0 Å². The molecule has 1 saturated carbocycles. The molecule has 140 valence electrons. The Kier molecular flexibility index (Phi) is 4.74. The Balaban J connectivity index is 1.62. The monoisotopic (exact) mass is 380 g/mol. The normalized spacial score (nSPS) is 22.3. The molecule has 0 spiro atoms. The zero-order valence-electron chi connectivity index (χ0n) is 14.3. The molecule has 26 heavy (non-hydrogen) atoms. The molecule has 1 aliphatic heterocycles. The first-order valence-electron chi connectivity index (χ1n) is 8.27. The minimum Gasteiger partial charge on any atom is -0.465 e. The van der Waals surface area contributed by atoms with E-state index in [9.17, 15) is 22.8 Å². The number of esters is 1. The summed E-state index contributed by atoms with van der Waals surface area (Å²) in [7, 11) is -1.82. The first kappa shape index (κ1) is 18.4. The van der Waals surface area contributed by atoms with Gasteiger partial charge in [-0.3, -0.25) is 9.59 Å². The molecular formula is C17H20N2O6S. The number of benzene rings is 1. The number of amides is 2. The smallest absolute Gasteiger partial charge is 0.337 e. The largest absolute Gasteiger partial charge is 0.465 e. The Bertz CT molecular complexity index is 843. The molecule has 2 N–H and O–H groups in total. The van der Waals surface area contributed by atoms with Crippen molar-refractivity contribution in [3.05, 3.63) is 29.8 Å². The van der Waals surface area contributed by atoms with Crippen LogP contribution in [0.4, 0.5) is 5.69 Å². The molecule has 3 rings (SSSR count). The summed E-state index contributed by atoms with van der Waals surface area (Å²) in [5, 5.41) is 5.38. The fraction of sp³-hybridized carbons (Fsp3) is 0.471. The number of anilines is 1. The fourth-order valence-electron chi connectivity index (χ4n) is 2.97. The van der Waals surface area contributed by atoms with Gasteiger partial charge in [-0.1, -0.05) is 0 Å². The lowest BCUT2D eigenvalue weighted by molar-refractivity contribution is -0.134. The number of methoxy groups -OCH3 is 1. The summed E-state index contributed by atoms with van der Waals surface area (Å²) in [5.74, 6) is -1.35. The molecule has 9 heteroatoms.